The van der Waals surface area contributed by atoms with Crippen molar-refractivity contribution in [1.29, 1.82) is 0 Å². The third kappa shape index (κ3) is 5.37. The van der Waals surface area contributed by atoms with Crippen molar-refractivity contribution in [3.05, 3.63) is 64.1 Å². The van der Waals surface area contributed by atoms with E-state index in [1.807, 2.05) is 25.1 Å². The average Bonchev–Trinajstić information content (AvgIpc) is 3.44. The molecule has 0 spiro atoms. The van der Waals surface area contributed by atoms with Crippen LogP contribution < -0.4 is 15.6 Å². The van der Waals surface area contributed by atoms with E-state index in [1.165, 1.54) is 39.8 Å². The first-order valence-corrected chi connectivity index (χ1v) is 13.4. The molecule has 0 aliphatic carbocycles. The molecule has 3 heterocycles. The lowest BCUT2D eigenvalue weighted by Gasteiger charge is -2.14. The molecular formula is C23H17F3N4O3S3. The van der Waals surface area contributed by atoms with Gasteiger partial charge in [0.25, 0.3) is 5.56 Å². The quantitative estimate of drug-likeness (QED) is 0.253. The highest BCUT2D eigenvalue weighted by Crippen LogP contribution is 2.31. The van der Waals surface area contributed by atoms with Crippen molar-refractivity contribution < 1.29 is 22.7 Å². The average molecular weight is 551 g/mol. The van der Waals surface area contributed by atoms with E-state index in [0.717, 1.165) is 39.7 Å². The summed E-state index contributed by atoms with van der Waals surface area (Å²) in [5.74, 6) is -0.0488. The van der Waals surface area contributed by atoms with Crippen LogP contribution in [0.3, 0.4) is 0 Å². The molecule has 186 valence electrons. The lowest BCUT2D eigenvalue weighted by atomic mass is 10.2. The minimum absolute atomic E-state index is 0.0391. The van der Waals surface area contributed by atoms with Crippen LogP contribution in [-0.4, -0.2) is 38.3 Å². The first-order chi connectivity index (χ1) is 17.2. The Kier molecular flexibility index (Phi) is 6.70. The van der Waals surface area contributed by atoms with Gasteiger partial charge in [0.1, 0.15) is 5.75 Å². The number of nitrogens with zero attached hydrogens (tertiary/aromatic N) is 3. The van der Waals surface area contributed by atoms with Gasteiger partial charge in [-0.25, -0.2) is 9.97 Å². The lowest BCUT2D eigenvalue weighted by molar-refractivity contribution is -0.274. The molecular weight excluding hydrogens is 533 g/mol. The van der Waals surface area contributed by atoms with Crippen LogP contribution in [0.2, 0.25) is 0 Å². The molecule has 1 N–H and O–H groups in total. The molecule has 0 unspecified atom stereocenters. The number of aromatic nitrogens is 3. The van der Waals surface area contributed by atoms with Crippen LogP contribution in [0.1, 0.15) is 11.3 Å². The third-order valence-corrected chi connectivity index (χ3v) is 8.10. The van der Waals surface area contributed by atoms with Crippen molar-refractivity contribution in [2.24, 2.45) is 0 Å². The highest BCUT2D eigenvalue weighted by molar-refractivity contribution is 8.00. The molecule has 5 rings (SSSR count). The number of alkyl halides is 3. The van der Waals surface area contributed by atoms with Crippen LogP contribution in [0.25, 0.3) is 15.9 Å². The molecule has 0 bridgehead atoms. The van der Waals surface area contributed by atoms with Crippen molar-refractivity contribution in [2.75, 3.05) is 16.8 Å². The number of halogens is 3. The van der Waals surface area contributed by atoms with E-state index in [1.54, 1.807) is 0 Å². The molecule has 1 amide bonds. The van der Waals surface area contributed by atoms with Gasteiger partial charge in [-0.05, 0) is 48.9 Å². The zero-order valence-corrected chi connectivity index (χ0v) is 21.0. The zero-order chi connectivity index (χ0) is 25.4. The van der Waals surface area contributed by atoms with Crippen molar-refractivity contribution in [3.8, 4) is 11.4 Å². The monoisotopic (exact) mass is 550 g/mol. The number of thiazole rings is 1. The number of nitrogens with one attached hydrogen (secondary N) is 1. The van der Waals surface area contributed by atoms with Crippen LogP contribution in [-0.2, 0) is 11.2 Å². The summed E-state index contributed by atoms with van der Waals surface area (Å²) in [5, 5.41) is 3.53. The summed E-state index contributed by atoms with van der Waals surface area (Å²) in [7, 11) is 0. The summed E-state index contributed by atoms with van der Waals surface area (Å²) < 4.78 is 43.7. The summed E-state index contributed by atoms with van der Waals surface area (Å²) in [5.41, 5.74) is 2.54. The Bertz CT molecular complexity index is 1520. The van der Waals surface area contributed by atoms with Gasteiger partial charge in [0, 0.05) is 12.2 Å². The number of aryl methyl sites for hydroxylation is 2. The van der Waals surface area contributed by atoms with Crippen LogP contribution in [0.15, 0.2) is 57.3 Å². The molecule has 2 aromatic carbocycles. The van der Waals surface area contributed by atoms with Crippen LogP contribution in [0, 0.1) is 6.92 Å². The van der Waals surface area contributed by atoms with E-state index >= 15 is 0 Å². The van der Waals surface area contributed by atoms with Gasteiger partial charge in [-0.2, -0.15) is 0 Å². The molecule has 0 saturated carbocycles. The number of thioether (sulfide) groups is 2. The molecule has 4 aromatic rings. The van der Waals surface area contributed by atoms with Crippen molar-refractivity contribution >= 4 is 56.1 Å². The Morgan fingerprint density at radius 1 is 1.19 bits per heavy atom. The van der Waals surface area contributed by atoms with E-state index in [4.69, 9.17) is 0 Å². The van der Waals surface area contributed by atoms with Crippen LogP contribution in [0.4, 0.5) is 18.3 Å². The first kappa shape index (κ1) is 24.7. The Balaban J connectivity index is 1.38. The largest absolute Gasteiger partial charge is 0.573 e. The predicted octanol–water partition coefficient (Wildman–Crippen LogP) is 5.43. The Morgan fingerprint density at radius 3 is 2.72 bits per heavy atom. The third-order valence-electron chi connectivity index (χ3n) is 5.12. The fourth-order valence-corrected chi connectivity index (χ4v) is 6.42. The van der Waals surface area contributed by atoms with E-state index in [-0.39, 0.29) is 22.4 Å². The van der Waals surface area contributed by atoms with E-state index < -0.39 is 12.1 Å². The molecule has 1 aliphatic rings. The zero-order valence-electron chi connectivity index (χ0n) is 18.6. The Labute approximate surface area is 215 Å². The van der Waals surface area contributed by atoms with Gasteiger partial charge in [-0.15, -0.1) is 24.9 Å². The summed E-state index contributed by atoms with van der Waals surface area (Å²) >= 11 is 3.82. The maximum Gasteiger partial charge on any atom is 0.573 e. The smallest absolute Gasteiger partial charge is 0.406 e. The minimum Gasteiger partial charge on any atom is -0.406 e. The number of carbonyl (C=O) groups excluding carboxylic acids is 1. The number of benzene rings is 2. The van der Waals surface area contributed by atoms with E-state index in [9.17, 15) is 22.8 Å². The second kappa shape index (κ2) is 9.79. The molecule has 7 nitrogen and oxygen atoms in total. The van der Waals surface area contributed by atoms with Crippen molar-refractivity contribution in [3.63, 3.8) is 0 Å². The second-order valence-corrected chi connectivity index (χ2v) is 10.9. The number of amides is 1. The maximum absolute atomic E-state index is 13.2. The fraction of sp³-hybridized carbons (Fsp3) is 0.217. The molecule has 0 fully saturated rings. The van der Waals surface area contributed by atoms with Gasteiger partial charge in [0.05, 0.1) is 32.2 Å². The predicted molar refractivity (Wildman–Crippen MR) is 135 cm³/mol. The molecule has 13 heteroatoms. The van der Waals surface area contributed by atoms with Gasteiger partial charge in [0.15, 0.2) is 10.3 Å². The number of carbonyl (C=O) groups is 1. The van der Waals surface area contributed by atoms with Gasteiger partial charge in [0.2, 0.25) is 5.91 Å². The SMILES string of the molecule is Cc1ccc2nc(NC(=O)CSc3nc4c(c(=O)n3-c3ccc(OC(F)(F)F)cc3)SCC4)sc2c1. The van der Waals surface area contributed by atoms with Gasteiger partial charge in [-0.3, -0.25) is 14.2 Å². The summed E-state index contributed by atoms with van der Waals surface area (Å²) in [6.45, 7) is 1.98. The fourth-order valence-electron chi connectivity index (χ4n) is 3.58. The summed E-state index contributed by atoms with van der Waals surface area (Å²) in [6, 6.07) is 10.8. The normalized spacial score (nSPS) is 13.1. The van der Waals surface area contributed by atoms with Crippen molar-refractivity contribution in [2.45, 2.75) is 29.8 Å². The summed E-state index contributed by atoms with van der Waals surface area (Å²) in [6.07, 6.45) is -4.19. The molecule has 0 saturated heterocycles. The number of hydrogen-bond donors (Lipinski definition) is 1. The lowest BCUT2D eigenvalue weighted by Crippen LogP contribution is -2.24. The van der Waals surface area contributed by atoms with Gasteiger partial charge in [-0.1, -0.05) is 29.2 Å². The molecule has 0 radical (unpaired) electrons. The van der Waals surface area contributed by atoms with Gasteiger partial charge >= 0.3 is 6.36 Å². The standard InChI is InChI=1S/C23H17F3N4O3S3/c1-12-2-7-15-17(10-12)36-21(27-15)29-18(31)11-35-22-28-16-8-9-34-19(16)20(32)30(22)13-3-5-14(6-4-13)33-23(24,25)26/h2-7,10H,8-9,11H2,1H3,(H,27,29,31). The molecule has 2 aromatic heterocycles. The minimum atomic E-state index is -4.82. The maximum atomic E-state index is 13.2. The number of fused-ring (bicyclic) bond motifs is 2. The number of rotatable bonds is 6. The molecule has 36 heavy (non-hydrogen) atoms. The number of anilines is 1. The van der Waals surface area contributed by atoms with Gasteiger partial charge < -0.3 is 10.1 Å². The van der Waals surface area contributed by atoms with Crippen molar-refractivity contribution in [1.82, 2.24) is 14.5 Å². The molecule has 0 atom stereocenters. The Morgan fingerprint density at radius 2 is 1.97 bits per heavy atom. The van der Waals surface area contributed by atoms with Crippen LogP contribution >= 0.6 is 34.9 Å². The highest BCUT2D eigenvalue weighted by atomic mass is 32.2. The Hall–Kier alpha value is -3.03. The van der Waals surface area contributed by atoms with Crippen LogP contribution in [0.5, 0.6) is 5.75 Å². The summed E-state index contributed by atoms with van der Waals surface area (Å²) in [4.78, 5) is 35.4. The van der Waals surface area contributed by atoms with E-state index in [0.29, 0.717) is 33.6 Å². The first-order valence-electron chi connectivity index (χ1n) is 10.6. The molecule has 1 aliphatic heterocycles. The number of ether oxygens (including phenoxy) is 1. The second-order valence-electron chi connectivity index (χ2n) is 7.78. The van der Waals surface area contributed by atoms with E-state index in [2.05, 4.69) is 20.0 Å². The highest BCUT2D eigenvalue weighted by Gasteiger charge is 2.31. The topological polar surface area (TPSA) is 86.1 Å². The number of hydrogen-bond acceptors (Lipinski definition) is 8.